The molecule has 1 heterocycles. The summed E-state index contributed by atoms with van der Waals surface area (Å²) >= 11 is 0. The molecule has 1 fully saturated rings. The Morgan fingerprint density at radius 2 is 1.95 bits per heavy atom. The normalized spacial score (nSPS) is 20.7. The van der Waals surface area contributed by atoms with E-state index < -0.39 is 9.84 Å². The summed E-state index contributed by atoms with van der Waals surface area (Å²) in [6.07, 6.45) is 0.555. The highest BCUT2D eigenvalue weighted by Crippen LogP contribution is 2.18. The quantitative estimate of drug-likeness (QED) is 0.713. The van der Waals surface area contributed by atoms with Gasteiger partial charge in [-0.25, -0.2) is 8.42 Å². The number of halogens is 1. The maximum atomic E-state index is 12.4. The van der Waals surface area contributed by atoms with E-state index in [9.17, 15) is 13.2 Å². The van der Waals surface area contributed by atoms with Gasteiger partial charge >= 0.3 is 0 Å². The van der Waals surface area contributed by atoms with E-state index in [4.69, 9.17) is 5.73 Å². The van der Waals surface area contributed by atoms with Crippen LogP contribution in [-0.4, -0.2) is 74.9 Å². The minimum Gasteiger partial charge on any atom is -0.338 e. The summed E-state index contributed by atoms with van der Waals surface area (Å²) in [6, 6.07) is -0.164. The maximum absolute atomic E-state index is 12.4. The van der Waals surface area contributed by atoms with Crippen LogP contribution in [0, 0.1) is 5.41 Å². The zero-order valence-electron chi connectivity index (χ0n) is 14.0. The van der Waals surface area contributed by atoms with E-state index in [0.717, 1.165) is 6.54 Å². The smallest absolute Gasteiger partial charge is 0.237 e. The molecule has 0 aromatic rings. The van der Waals surface area contributed by atoms with Crippen LogP contribution in [0.15, 0.2) is 0 Å². The fraction of sp³-hybridized carbons (Fsp3) is 0.929. The highest BCUT2D eigenvalue weighted by Gasteiger charge is 2.34. The minimum absolute atomic E-state index is 0. The second-order valence-electron chi connectivity index (χ2n) is 6.78. The van der Waals surface area contributed by atoms with Crippen molar-refractivity contribution in [2.24, 2.45) is 11.1 Å². The standard InChI is InChI=1S/C14H29N3O3S.ClH/c1-5-17(12-6-7-21(19,20)9-12)13(18)8-16(4)11-14(2,3)10-15;/h12H,5-11,15H2,1-4H3;1H. The van der Waals surface area contributed by atoms with Crippen LogP contribution in [0.25, 0.3) is 0 Å². The zero-order chi connectivity index (χ0) is 16.3. The van der Waals surface area contributed by atoms with Gasteiger partial charge in [0.2, 0.25) is 5.91 Å². The molecule has 0 saturated carbocycles. The number of hydrogen-bond donors (Lipinski definition) is 1. The van der Waals surface area contributed by atoms with Gasteiger partial charge in [0.15, 0.2) is 9.84 Å². The highest BCUT2D eigenvalue weighted by atomic mass is 35.5. The van der Waals surface area contributed by atoms with E-state index in [2.05, 4.69) is 13.8 Å². The molecule has 1 aliphatic heterocycles. The van der Waals surface area contributed by atoms with Crippen molar-refractivity contribution < 1.29 is 13.2 Å². The molecule has 8 heteroatoms. The molecule has 0 aromatic heterocycles. The molecule has 6 nitrogen and oxygen atoms in total. The van der Waals surface area contributed by atoms with Gasteiger partial charge < -0.3 is 10.6 Å². The molecule has 0 bridgehead atoms. The second-order valence-corrected chi connectivity index (χ2v) is 9.01. The third kappa shape index (κ3) is 6.40. The Bertz CT molecular complexity index is 468. The van der Waals surface area contributed by atoms with Crippen molar-refractivity contribution in [2.45, 2.75) is 33.2 Å². The molecule has 1 atom stereocenters. The van der Waals surface area contributed by atoms with E-state index in [1.165, 1.54) is 0 Å². The average Bonchev–Trinajstić information content (AvgIpc) is 2.69. The number of nitrogens with two attached hydrogens (primary N) is 1. The predicted octanol–water partition coefficient (Wildman–Crippen LogP) is 0.361. The van der Waals surface area contributed by atoms with Crippen LogP contribution in [0.1, 0.15) is 27.2 Å². The Morgan fingerprint density at radius 1 is 1.36 bits per heavy atom. The average molecular weight is 356 g/mol. The number of carbonyl (C=O) groups is 1. The first-order valence-electron chi connectivity index (χ1n) is 7.49. The Balaban J connectivity index is 0.00000441. The number of sulfone groups is 1. The number of hydrogen-bond acceptors (Lipinski definition) is 5. The van der Waals surface area contributed by atoms with Gasteiger partial charge in [0.25, 0.3) is 0 Å². The topological polar surface area (TPSA) is 83.7 Å². The molecule has 0 aromatic carbocycles. The van der Waals surface area contributed by atoms with Crippen molar-refractivity contribution in [1.29, 1.82) is 0 Å². The largest absolute Gasteiger partial charge is 0.338 e. The molecule has 132 valence electrons. The van der Waals surface area contributed by atoms with Crippen molar-refractivity contribution in [3.8, 4) is 0 Å². The van der Waals surface area contributed by atoms with Crippen LogP contribution in [0.3, 0.4) is 0 Å². The molecule has 22 heavy (non-hydrogen) atoms. The molecule has 1 saturated heterocycles. The lowest BCUT2D eigenvalue weighted by atomic mass is 9.93. The van der Waals surface area contributed by atoms with Gasteiger partial charge in [-0.15, -0.1) is 12.4 Å². The van der Waals surface area contributed by atoms with Crippen molar-refractivity contribution in [1.82, 2.24) is 9.80 Å². The summed E-state index contributed by atoms with van der Waals surface area (Å²) in [4.78, 5) is 16.1. The summed E-state index contributed by atoms with van der Waals surface area (Å²) in [5.74, 6) is 0.289. The van der Waals surface area contributed by atoms with Crippen LogP contribution in [0.4, 0.5) is 0 Å². The molecule has 1 rings (SSSR count). The second kappa shape index (κ2) is 8.47. The van der Waals surface area contributed by atoms with Crippen LogP contribution >= 0.6 is 12.4 Å². The molecule has 1 aliphatic rings. The first kappa shape index (κ1) is 21.6. The van der Waals surface area contributed by atoms with Crippen molar-refractivity contribution in [2.75, 3.05) is 44.7 Å². The van der Waals surface area contributed by atoms with Crippen LogP contribution in [0.5, 0.6) is 0 Å². The molecule has 0 spiro atoms. The van der Waals surface area contributed by atoms with Gasteiger partial charge in [-0.05, 0) is 32.4 Å². The lowest BCUT2D eigenvalue weighted by Crippen LogP contribution is -2.47. The SMILES string of the molecule is CCN(C(=O)CN(C)CC(C)(C)CN)C1CCS(=O)(=O)C1.Cl. The Labute approximate surface area is 140 Å². The molecule has 1 amide bonds. The number of carbonyl (C=O) groups excluding carboxylic acids is 1. The van der Waals surface area contributed by atoms with Crippen LogP contribution in [-0.2, 0) is 14.6 Å². The summed E-state index contributed by atoms with van der Waals surface area (Å²) in [6.45, 7) is 8.16. The van der Waals surface area contributed by atoms with Gasteiger partial charge in [-0.1, -0.05) is 13.8 Å². The van der Waals surface area contributed by atoms with Gasteiger partial charge in [0, 0.05) is 19.1 Å². The van der Waals surface area contributed by atoms with Gasteiger partial charge in [0.1, 0.15) is 0 Å². The van der Waals surface area contributed by atoms with E-state index in [0.29, 0.717) is 26.1 Å². The number of nitrogens with zero attached hydrogens (tertiary/aromatic N) is 2. The summed E-state index contributed by atoms with van der Waals surface area (Å²) < 4.78 is 23.1. The Kier molecular flexibility index (Phi) is 8.33. The monoisotopic (exact) mass is 355 g/mol. The molecule has 0 aliphatic carbocycles. The number of amides is 1. The molecule has 0 radical (unpaired) electrons. The van der Waals surface area contributed by atoms with Crippen molar-refractivity contribution in [3.05, 3.63) is 0 Å². The molecular formula is C14H30ClN3O3S. The highest BCUT2D eigenvalue weighted by molar-refractivity contribution is 7.91. The third-order valence-corrected chi connectivity index (χ3v) is 5.72. The summed E-state index contributed by atoms with van der Waals surface area (Å²) in [7, 11) is -1.07. The van der Waals surface area contributed by atoms with Gasteiger partial charge in [0.05, 0.1) is 18.1 Å². The molecule has 2 N–H and O–H groups in total. The van der Waals surface area contributed by atoms with Crippen molar-refractivity contribution >= 4 is 28.2 Å². The number of rotatable bonds is 7. The van der Waals surface area contributed by atoms with Gasteiger partial charge in [-0.3, -0.25) is 9.69 Å². The third-order valence-electron chi connectivity index (χ3n) is 3.97. The van der Waals surface area contributed by atoms with Crippen molar-refractivity contribution in [3.63, 3.8) is 0 Å². The van der Waals surface area contributed by atoms with Gasteiger partial charge in [-0.2, -0.15) is 0 Å². The summed E-state index contributed by atoms with van der Waals surface area (Å²) in [5, 5.41) is 0. The van der Waals surface area contributed by atoms with E-state index >= 15 is 0 Å². The first-order chi connectivity index (χ1) is 9.60. The number of likely N-dealkylation sites (N-methyl/N-ethyl adjacent to an activating group) is 2. The zero-order valence-corrected chi connectivity index (χ0v) is 15.7. The Hall–Kier alpha value is -0.370. The van der Waals surface area contributed by atoms with E-state index in [-0.39, 0.29) is 41.3 Å². The fourth-order valence-corrected chi connectivity index (χ4v) is 4.56. The molecule has 1 unspecified atom stereocenters. The fourth-order valence-electron chi connectivity index (χ4n) is 2.83. The van der Waals surface area contributed by atoms with E-state index in [1.807, 2.05) is 18.9 Å². The lowest BCUT2D eigenvalue weighted by molar-refractivity contribution is -0.134. The van der Waals surface area contributed by atoms with E-state index in [1.54, 1.807) is 4.90 Å². The van der Waals surface area contributed by atoms with Crippen LogP contribution in [0.2, 0.25) is 0 Å². The summed E-state index contributed by atoms with van der Waals surface area (Å²) in [5.41, 5.74) is 5.67. The maximum Gasteiger partial charge on any atom is 0.237 e. The predicted molar refractivity (Wildman–Crippen MR) is 92.0 cm³/mol. The first-order valence-corrected chi connectivity index (χ1v) is 9.31. The lowest BCUT2D eigenvalue weighted by Gasteiger charge is -2.32. The molecular weight excluding hydrogens is 326 g/mol. The van der Waals surface area contributed by atoms with Crippen LogP contribution < -0.4 is 5.73 Å². The Morgan fingerprint density at radius 3 is 2.36 bits per heavy atom. The minimum atomic E-state index is -2.97.